The maximum Gasteiger partial charge on any atom is 0.108 e. The molecular weight excluding hydrogens is 238 g/mol. The van der Waals surface area contributed by atoms with Crippen LogP contribution < -0.4 is 5.32 Å². The lowest BCUT2D eigenvalue weighted by Crippen LogP contribution is -2.45. The van der Waals surface area contributed by atoms with Crippen molar-refractivity contribution in [3.05, 3.63) is 0 Å². The first-order chi connectivity index (χ1) is 9.21. The first-order valence-corrected chi connectivity index (χ1v) is 7.75. The van der Waals surface area contributed by atoms with Crippen molar-refractivity contribution in [1.29, 1.82) is 5.26 Å². The Labute approximate surface area is 116 Å². The molecule has 19 heavy (non-hydrogen) atoms. The van der Waals surface area contributed by atoms with Crippen LogP contribution in [-0.2, 0) is 4.74 Å². The van der Waals surface area contributed by atoms with Crippen molar-refractivity contribution < 1.29 is 4.74 Å². The molecule has 3 unspecified atom stereocenters. The highest BCUT2D eigenvalue weighted by molar-refractivity contribution is 5.15. The average Bonchev–Trinajstić information content (AvgIpc) is 3.15. The molecule has 0 aromatic rings. The number of hydrogen-bond donors (Lipinski definition) is 1. The predicted octanol–water partition coefficient (Wildman–Crippen LogP) is 1.66. The molecule has 0 radical (unpaired) electrons. The quantitative estimate of drug-likeness (QED) is 0.841. The van der Waals surface area contributed by atoms with Crippen LogP contribution in [0.25, 0.3) is 0 Å². The molecule has 4 nitrogen and oxygen atoms in total. The minimum absolute atomic E-state index is 0.248. The summed E-state index contributed by atoms with van der Waals surface area (Å²) < 4.78 is 5.72. The standard InChI is InChI=1S/C15H25N3O/c1-12-10-18(7-2-8-19-12)14-5-6-15(9-14,11-16)17-13-3-4-13/h12-14,17H,2-10H2,1H3. The summed E-state index contributed by atoms with van der Waals surface area (Å²) in [4.78, 5) is 2.56. The summed E-state index contributed by atoms with van der Waals surface area (Å²) in [7, 11) is 0. The van der Waals surface area contributed by atoms with E-state index in [1.54, 1.807) is 0 Å². The zero-order valence-electron chi connectivity index (χ0n) is 11.9. The van der Waals surface area contributed by atoms with Crippen molar-refractivity contribution in [2.24, 2.45) is 0 Å². The van der Waals surface area contributed by atoms with Crippen molar-refractivity contribution in [2.75, 3.05) is 19.7 Å². The van der Waals surface area contributed by atoms with Gasteiger partial charge in [-0.05, 0) is 45.4 Å². The molecule has 0 spiro atoms. The van der Waals surface area contributed by atoms with E-state index in [9.17, 15) is 5.26 Å². The summed E-state index contributed by atoms with van der Waals surface area (Å²) in [5.41, 5.74) is -0.248. The van der Waals surface area contributed by atoms with Gasteiger partial charge in [0, 0.05) is 31.8 Å². The highest BCUT2D eigenvalue weighted by atomic mass is 16.5. The number of nitriles is 1. The predicted molar refractivity (Wildman–Crippen MR) is 73.7 cm³/mol. The molecule has 0 aromatic heterocycles. The van der Waals surface area contributed by atoms with Crippen LogP contribution in [0, 0.1) is 11.3 Å². The molecule has 1 heterocycles. The third kappa shape index (κ3) is 3.10. The maximum atomic E-state index is 9.56. The summed E-state index contributed by atoms with van der Waals surface area (Å²) in [5, 5.41) is 13.2. The van der Waals surface area contributed by atoms with Gasteiger partial charge in [-0.15, -0.1) is 0 Å². The monoisotopic (exact) mass is 263 g/mol. The fourth-order valence-electron chi connectivity index (χ4n) is 3.57. The molecule has 106 valence electrons. The highest BCUT2D eigenvalue weighted by Gasteiger charge is 2.44. The summed E-state index contributed by atoms with van der Waals surface area (Å²) in [6.45, 7) is 5.19. The van der Waals surface area contributed by atoms with E-state index in [0.29, 0.717) is 18.2 Å². The van der Waals surface area contributed by atoms with E-state index in [4.69, 9.17) is 4.74 Å². The van der Waals surface area contributed by atoms with Crippen LogP contribution in [-0.4, -0.2) is 48.3 Å². The molecule has 3 fully saturated rings. The van der Waals surface area contributed by atoms with Crippen LogP contribution in [0.2, 0.25) is 0 Å². The van der Waals surface area contributed by atoms with Gasteiger partial charge in [0.15, 0.2) is 0 Å². The third-order valence-electron chi connectivity index (χ3n) is 4.76. The second kappa shape index (κ2) is 5.40. The van der Waals surface area contributed by atoms with E-state index < -0.39 is 0 Å². The largest absolute Gasteiger partial charge is 0.377 e. The molecule has 0 bridgehead atoms. The molecule has 2 aliphatic carbocycles. The minimum atomic E-state index is -0.248. The Morgan fingerprint density at radius 3 is 2.95 bits per heavy atom. The van der Waals surface area contributed by atoms with Crippen molar-refractivity contribution in [2.45, 2.75) is 69.2 Å². The van der Waals surface area contributed by atoms with Gasteiger partial charge in [0.05, 0.1) is 12.2 Å². The molecule has 1 saturated heterocycles. The fourth-order valence-corrected chi connectivity index (χ4v) is 3.57. The lowest BCUT2D eigenvalue weighted by molar-refractivity contribution is 0.0606. The van der Waals surface area contributed by atoms with Crippen molar-refractivity contribution >= 4 is 0 Å². The van der Waals surface area contributed by atoms with Gasteiger partial charge in [0.2, 0.25) is 0 Å². The third-order valence-corrected chi connectivity index (χ3v) is 4.76. The number of nitrogens with one attached hydrogen (secondary N) is 1. The van der Waals surface area contributed by atoms with Gasteiger partial charge in [0.1, 0.15) is 5.54 Å². The van der Waals surface area contributed by atoms with Crippen LogP contribution in [0.5, 0.6) is 0 Å². The molecule has 0 amide bonds. The molecule has 3 atom stereocenters. The Morgan fingerprint density at radius 2 is 2.21 bits per heavy atom. The summed E-state index contributed by atoms with van der Waals surface area (Å²) in [5.74, 6) is 0. The second-order valence-electron chi connectivity index (χ2n) is 6.54. The number of nitrogens with zero attached hydrogens (tertiary/aromatic N) is 2. The molecule has 3 rings (SSSR count). The van der Waals surface area contributed by atoms with Crippen LogP contribution in [0.3, 0.4) is 0 Å². The van der Waals surface area contributed by atoms with Gasteiger partial charge in [0.25, 0.3) is 0 Å². The maximum absolute atomic E-state index is 9.56. The molecule has 1 N–H and O–H groups in total. The van der Waals surface area contributed by atoms with Gasteiger partial charge in [-0.25, -0.2) is 0 Å². The second-order valence-corrected chi connectivity index (χ2v) is 6.54. The van der Waals surface area contributed by atoms with E-state index >= 15 is 0 Å². The van der Waals surface area contributed by atoms with Crippen LogP contribution >= 0.6 is 0 Å². The lowest BCUT2D eigenvalue weighted by Gasteiger charge is -2.30. The molecule has 1 aliphatic heterocycles. The van der Waals surface area contributed by atoms with E-state index in [2.05, 4.69) is 23.2 Å². The number of hydrogen-bond acceptors (Lipinski definition) is 4. The smallest absolute Gasteiger partial charge is 0.108 e. The van der Waals surface area contributed by atoms with E-state index in [1.165, 1.54) is 12.8 Å². The zero-order valence-corrected chi connectivity index (χ0v) is 11.9. The molecule has 3 aliphatic rings. The van der Waals surface area contributed by atoms with Gasteiger partial charge < -0.3 is 4.74 Å². The summed E-state index contributed by atoms with van der Waals surface area (Å²) >= 11 is 0. The normalized spacial score (nSPS) is 40.8. The first kappa shape index (κ1) is 13.4. The topological polar surface area (TPSA) is 48.3 Å². The van der Waals surface area contributed by atoms with Crippen molar-refractivity contribution in [3.8, 4) is 6.07 Å². The lowest BCUT2D eigenvalue weighted by atomic mass is 9.99. The summed E-state index contributed by atoms with van der Waals surface area (Å²) in [6.07, 6.45) is 7.11. The summed E-state index contributed by atoms with van der Waals surface area (Å²) in [6, 6.07) is 3.76. The molecular formula is C15H25N3O. The Morgan fingerprint density at radius 1 is 1.37 bits per heavy atom. The minimum Gasteiger partial charge on any atom is -0.377 e. The van der Waals surface area contributed by atoms with E-state index in [0.717, 1.165) is 45.4 Å². The molecule has 4 heteroatoms. The van der Waals surface area contributed by atoms with Crippen molar-refractivity contribution in [1.82, 2.24) is 10.2 Å². The zero-order chi connectivity index (χ0) is 13.3. The Hall–Kier alpha value is -0.630. The Kier molecular flexibility index (Phi) is 3.79. The Bertz CT molecular complexity index is 363. The fraction of sp³-hybridized carbons (Fsp3) is 0.933. The Balaban J connectivity index is 1.61. The van der Waals surface area contributed by atoms with Crippen LogP contribution in [0.1, 0.15) is 45.4 Å². The van der Waals surface area contributed by atoms with Gasteiger partial charge in [-0.2, -0.15) is 5.26 Å². The first-order valence-electron chi connectivity index (χ1n) is 7.75. The number of ether oxygens (including phenoxy) is 1. The van der Waals surface area contributed by atoms with Gasteiger partial charge in [-0.3, -0.25) is 10.2 Å². The van der Waals surface area contributed by atoms with E-state index in [1.807, 2.05) is 0 Å². The number of rotatable bonds is 3. The van der Waals surface area contributed by atoms with E-state index in [-0.39, 0.29) is 5.54 Å². The van der Waals surface area contributed by atoms with Crippen LogP contribution in [0.15, 0.2) is 0 Å². The average molecular weight is 263 g/mol. The van der Waals surface area contributed by atoms with Gasteiger partial charge >= 0.3 is 0 Å². The van der Waals surface area contributed by atoms with Gasteiger partial charge in [-0.1, -0.05) is 0 Å². The highest BCUT2D eigenvalue weighted by Crippen LogP contribution is 2.36. The van der Waals surface area contributed by atoms with Crippen molar-refractivity contribution in [3.63, 3.8) is 0 Å². The molecule has 2 saturated carbocycles. The molecule has 0 aromatic carbocycles. The van der Waals surface area contributed by atoms with Crippen LogP contribution in [0.4, 0.5) is 0 Å². The SMILES string of the molecule is CC1CN(C2CCC(C#N)(NC3CC3)C2)CCCO1.